The Morgan fingerprint density at radius 1 is 1.40 bits per heavy atom. The Bertz CT molecular complexity index is 557. The van der Waals surface area contributed by atoms with Gasteiger partial charge in [-0.15, -0.1) is 0 Å². The number of nitrogens with zero attached hydrogens (tertiary/aromatic N) is 2. The van der Waals surface area contributed by atoms with Crippen molar-refractivity contribution < 1.29 is 14.2 Å². The average molecular weight is 277 g/mol. The lowest BCUT2D eigenvalue weighted by atomic mass is 10.0. The number of hydrogen-bond acceptors (Lipinski definition) is 6. The van der Waals surface area contributed by atoms with Crippen LogP contribution in [0, 0.1) is 0 Å². The molecule has 1 unspecified atom stereocenters. The molecule has 3 rings (SSSR count). The molecule has 0 saturated heterocycles. The fourth-order valence-electron chi connectivity index (χ4n) is 2.74. The minimum Gasteiger partial charge on any atom is -0.493 e. The highest BCUT2D eigenvalue weighted by atomic mass is 16.7. The summed E-state index contributed by atoms with van der Waals surface area (Å²) in [5, 5.41) is 0. The van der Waals surface area contributed by atoms with Crippen LogP contribution < -0.4 is 19.9 Å². The molecule has 0 aromatic heterocycles. The van der Waals surface area contributed by atoms with E-state index in [0.29, 0.717) is 29.8 Å². The highest BCUT2D eigenvalue weighted by molar-refractivity contribution is 5.81. The summed E-state index contributed by atoms with van der Waals surface area (Å²) in [7, 11) is 1.63. The molecule has 108 valence electrons. The van der Waals surface area contributed by atoms with Gasteiger partial charge in [-0.2, -0.15) is 0 Å². The SMILES string of the molecule is COc1cc(C2CN=C(N)N2C(C)C)cc2c1OCO2. The van der Waals surface area contributed by atoms with Crippen LogP contribution in [0.15, 0.2) is 17.1 Å². The van der Waals surface area contributed by atoms with Crippen molar-refractivity contribution in [3.05, 3.63) is 17.7 Å². The normalized spacial score (nSPS) is 20.5. The van der Waals surface area contributed by atoms with Gasteiger partial charge in [0.05, 0.1) is 19.7 Å². The maximum Gasteiger partial charge on any atom is 0.231 e. The molecule has 2 N–H and O–H groups in total. The lowest BCUT2D eigenvalue weighted by Gasteiger charge is -2.30. The Balaban J connectivity index is 1.99. The molecule has 6 heteroatoms. The topological polar surface area (TPSA) is 69.3 Å². The summed E-state index contributed by atoms with van der Waals surface area (Å²) in [5.74, 6) is 2.65. The van der Waals surface area contributed by atoms with Gasteiger partial charge in [-0.25, -0.2) is 0 Å². The van der Waals surface area contributed by atoms with Crippen LogP contribution in [0.4, 0.5) is 0 Å². The minimum atomic E-state index is 0.110. The molecule has 0 spiro atoms. The van der Waals surface area contributed by atoms with Gasteiger partial charge in [-0.3, -0.25) is 4.99 Å². The second-order valence-electron chi connectivity index (χ2n) is 5.17. The summed E-state index contributed by atoms with van der Waals surface area (Å²) >= 11 is 0. The van der Waals surface area contributed by atoms with Gasteiger partial charge in [0.2, 0.25) is 12.5 Å². The number of nitrogens with two attached hydrogens (primary N) is 1. The molecule has 0 fully saturated rings. The summed E-state index contributed by atoms with van der Waals surface area (Å²) < 4.78 is 16.3. The van der Waals surface area contributed by atoms with Gasteiger partial charge in [0.25, 0.3) is 0 Å². The lowest BCUT2D eigenvalue weighted by molar-refractivity contribution is 0.171. The van der Waals surface area contributed by atoms with E-state index >= 15 is 0 Å². The van der Waals surface area contributed by atoms with Crippen LogP contribution in [0.2, 0.25) is 0 Å². The van der Waals surface area contributed by atoms with E-state index in [1.54, 1.807) is 7.11 Å². The Labute approximate surface area is 118 Å². The van der Waals surface area contributed by atoms with Crippen LogP contribution in [-0.2, 0) is 0 Å². The summed E-state index contributed by atoms with van der Waals surface area (Å²) in [4.78, 5) is 6.46. The highest BCUT2D eigenvalue weighted by Crippen LogP contribution is 2.44. The van der Waals surface area contributed by atoms with E-state index in [2.05, 4.69) is 23.7 Å². The summed E-state index contributed by atoms with van der Waals surface area (Å²) in [5.41, 5.74) is 7.05. The van der Waals surface area contributed by atoms with Gasteiger partial charge < -0.3 is 24.8 Å². The van der Waals surface area contributed by atoms with E-state index in [1.165, 1.54) is 0 Å². The number of ether oxygens (including phenoxy) is 3. The van der Waals surface area contributed by atoms with Gasteiger partial charge in [0.15, 0.2) is 17.5 Å². The van der Waals surface area contributed by atoms with E-state index in [9.17, 15) is 0 Å². The molecular weight excluding hydrogens is 258 g/mol. The second-order valence-corrected chi connectivity index (χ2v) is 5.17. The Kier molecular flexibility index (Phi) is 3.08. The third-order valence-electron chi connectivity index (χ3n) is 3.65. The van der Waals surface area contributed by atoms with Gasteiger partial charge in [-0.1, -0.05) is 0 Å². The van der Waals surface area contributed by atoms with E-state index < -0.39 is 0 Å². The monoisotopic (exact) mass is 277 g/mol. The van der Waals surface area contributed by atoms with E-state index in [0.717, 1.165) is 5.56 Å². The zero-order valence-corrected chi connectivity index (χ0v) is 11.9. The molecular formula is C14H19N3O3. The van der Waals surface area contributed by atoms with Crippen molar-refractivity contribution in [1.82, 2.24) is 4.90 Å². The van der Waals surface area contributed by atoms with E-state index in [1.807, 2.05) is 12.1 Å². The predicted molar refractivity (Wildman–Crippen MR) is 75.3 cm³/mol. The van der Waals surface area contributed by atoms with Crippen LogP contribution in [0.1, 0.15) is 25.5 Å². The van der Waals surface area contributed by atoms with E-state index in [-0.39, 0.29) is 18.9 Å². The smallest absolute Gasteiger partial charge is 0.231 e. The largest absolute Gasteiger partial charge is 0.493 e. The molecule has 0 amide bonds. The van der Waals surface area contributed by atoms with Crippen LogP contribution in [0.25, 0.3) is 0 Å². The van der Waals surface area contributed by atoms with Crippen molar-refractivity contribution in [2.45, 2.75) is 25.9 Å². The molecule has 0 bridgehead atoms. The van der Waals surface area contributed by atoms with Crippen molar-refractivity contribution in [2.75, 3.05) is 20.4 Å². The zero-order chi connectivity index (χ0) is 14.3. The van der Waals surface area contributed by atoms with Gasteiger partial charge in [0.1, 0.15) is 0 Å². The number of aliphatic imine (C=N–C) groups is 1. The van der Waals surface area contributed by atoms with Gasteiger partial charge >= 0.3 is 0 Å². The highest BCUT2D eigenvalue weighted by Gasteiger charge is 2.32. The van der Waals surface area contributed by atoms with Gasteiger partial charge in [0, 0.05) is 6.04 Å². The Hall–Kier alpha value is -2.11. The van der Waals surface area contributed by atoms with E-state index in [4.69, 9.17) is 19.9 Å². The Morgan fingerprint density at radius 3 is 2.90 bits per heavy atom. The van der Waals surface area contributed by atoms with Gasteiger partial charge in [-0.05, 0) is 31.5 Å². The number of rotatable bonds is 3. The molecule has 0 saturated carbocycles. The summed E-state index contributed by atoms with van der Waals surface area (Å²) in [6.07, 6.45) is 0. The second kappa shape index (κ2) is 4.77. The lowest BCUT2D eigenvalue weighted by Crippen LogP contribution is -2.40. The summed E-state index contributed by atoms with van der Waals surface area (Å²) in [6.45, 7) is 5.08. The molecule has 1 aromatic rings. The maximum atomic E-state index is 5.98. The van der Waals surface area contributed by atoms with Crippen LogP contribution in [0.3, 0.4) is 0 Å². The maximum absolute atomic E-state index is 5.98. The molecule has 2 heterocycles. The Morgan fingerprint density at radius 2 is 2.20 bits per heavy atom. The number of benzene rings is 1. The number of hydrogen-bond donors (Lipinski definition) is 1. The molecule has 20 heavy (non-hydrogen) atoms. The molecule has 0 aliphatic carbocycles. The third kappa shape index (κ3) is 1.92. The number of methoxy groups -OCH3 is 1. The fraction of sp³-hybridized carbons (Fsp3) is 0.500. The first-order valence-electron chi connectivity index (χ1n) is 6.67. The van der Waals surface area contributed by atoms with Crippen LogP contribution >= 0.6 is 0 Å². The zero-order valence-electron chi connectivity index (χ0n) is 11.9. The molecule has 0 radical (unpaired) electrons. The molecule has 2 aliphatic rings. The summed E-state index contributed by atoms with van der Waals surface area (Å²) in [6, 6.07) is 4.35. The molecule has 1 aromatic carbocycles. The first kappa shape index (κ1) is 12.9. The first-order chi connectivity index (χ1) is 9.61. The third-order valence-corrected chi connectivity index (χ3v) is 3.65. The standard InChI is InChI=1S/C14H19N3O3/c1-8(2)17-10(6-16-14(17)15)9-4-11(18-3)13-12(5-9)19-7-20-13/h4-5,8,10H,6-7H2,1-3H3,(H2,15,16). The predicted octanol–water partition coefficient (Wildman–Crippen LogP) is 1.50. The quantitative estimate of drug-likeness (QED) is 0.906. The number of fused-ring (bicyclic) bond motifs is 1. The van der Waals surface area contributed by atoms with Crippen molar-refractivity contribution in [3.63, 3.8) is 0 Å². The number of guanidine groups is 1. The van der Waals surface area contributed by atoms with Crippen molar-refractivity contribution in [1.29, 1.82) is 0 Å². The van der Waals surface area contributed by atoms with Crippen molar-refractivity contribution in [3.8, 4) is 17.2 Å². The van der Waals surface area contributed by atoms with Crippen molar-refractivity contribution >= 4 is 5.96 Å². The average Bonchev–Trinajstić information content (AvgIpc) is 3.03. The first-order valence-corrected chi connectivity index (χ1v) is 6.67. The molecule has 6 nitrogen and oxygen atoms in total. The molecule has 2 aliphatic heterocycles. The minimum absolute atomic E-state index is 0.110. The fourth-order valence-corrected chi connectivity index (χ4v) is 2.74. The van der Waals surface area contributed by atoms with Crippen molar-refractivity contribution in [2.24, 2.45) is 10.7 Å². The van der Waals surface area contributed by atoms with Crippen LogP contribution in [-0.4, -0.2) is 37.3 Å². The van der Waals surface area contributed by atoms with Crippen LogP contribution in [0.5, 0.6) is 17.2 Å². The molecule has 1 atom stereocenters.